The number of ether oxygens (including phenoxy) is 1. The van der Waals surface area contributed by atoms with Crippen LogP contribution in [0.15, 0.2) is 53.1 Å². The van der Waals surface area contributed by atoms with Gasteiger partial charge in [-0.1, -0.05) is 35.5 Å². The lowest BCUT2D eigenvalue weighted by Gasteiger charge is -2.11. The molecule has 0 spiro atoms. The molecule has 0 fully saturated rings. The highest BCUT2D eigenvalue weighted by atomic mass is 19.4. The molecular weight excluding hydrogens is 401 g/mol. The van der Waals surface area contributed by atoms with Crippen molar-refractivity contribution in [2.75, 3.05) is 0 Å². The van der Waals surface area contributed by atoms with Crippen LogP contribution in [0.4, 0.5) is 13.2 Å². The maximum Gasteiger partial charge on any atom is 0.416 e. The molecule has 2 aromatic heterocycles. The largest absolute Gasteiger partial charge is 0.484 e. The molecule has 0 amide bonds. The first kappa shape index (κ1) is 19.1. The van der Waals surface area contributed by atoms with Crippen molar-refractivity contribution in [1.82, 2.24) is 25.6 Å². The van der Waals surface area contributed by atoms with E-state index >= 15 is 0 Å². The van der Waals surface area contributed by atoms with Gasteiger partial charge >= 0.3 is 6.18 Å². The van der Waals surface area contributed by atoms with Crippen LogP contribution in [0.5, 0.6) is 5.75 Å². The van der Waals surface area contributed by atoms with Crippen molar-refractivity contribution in [2.45, 2.75) is 12.8 Å². The summed E-state index contributed by atoms with van der Waals surface area (Å²) < 4.78 is 50.5. The average Bonchev–Trinajstić information content (AvgIpc) is 3.41. The van der Waals surface area contributed by atoms with Gasteiger partial charge in [0.1, 0.15) is 17.5 Å². The van der Waals surface area contributed by atoms with Gasteiger partial charge in [-0.3, -0.25) is 0 Å². The molecule has 0 unspecified atom stereocenters. The molecule has 0 aliphatic carbocycles. The van der Waals surface area contributed by atoms with E-state index in [0.717, 1.165) is 17.7 Å². The number of halogens is 3. The van der Waals surface area contributed by atoms with Gasteiger partial charge in [-0.15, -0.1) is 5.10 Å². The normalized spacial score (nSPS) is 11.3. The molecule has 0 aliphatic heterocycles. The van der Waals surface area contributed by atoms with E-state index in [1.807, 2.05) is 18.2 Å². The third-order valence-electron chi connectivity index (χ3n) is 4.02. The minimum absolute atomic E-state index is 0.0161. The number of hydrogen-bond donors (Lipinski definition) is 1. The summed E-state index contributed by atoms with van der Waals surface area (Å²) in [5.41, 5.74) is -0.357. The predicted octanol–water partition coefficient (Wildman–Crippen LogP) is 3.99. The van der Waals surface area contributed by atoms with E-state index in [4.69, 9.17) is 14.5 Å². The van der Waals surface area contributed by atoms with E-state index in [1.165, 1.54) is 6.07 Å². The van der Waals surface area contributed by atoms with Crippen molar-refractivity contribution in [3.8, 4) is 34.5 Å². The number of H-pyrrole nitrogens is 1. The number of hydrogen-bond acceptors (Lipinski definition) is 7. The second-order valence-electron chi connectivity index (χ2n) is 6.04. The minimum atomic E-state index is -4.63. The van der Waals surface area contributed by atoms with Gasteiger partial charge < -0.3 is 9.26 Å². The minimum Gasteiger partial charge on any atom is -0.484 e. The van der Waals surface area contributed by atoms with Gasteiger partial charge in [-0.05, 0) is 18.2 Å². The zero-order chi connectivity index (χ0) is 21.1. The fraction of sp³-hybridized carbons (Fsp3) is 0.105. The van der Waals surface area contributed by atoms with Crippen LogP contribution in [-0.2, 0) is 12.8 Å². The molecule has 0 aliphatic rings. The summed E-state index contributed by atoms with van der Waals surface area (Å²) >= 11 is 0. The Kier molecular flexibility index (Phi) is 4.89. The lowest BCUT2D eigenvalue weighted by atomic mass is 10.1. The molecule has 0 bridgehead atoms. The Morgan fingerprint density at radius 1 is 1.07 bits per heavy atom. The van der Waals surface area contributed by atoms with Gasteiger partial charge in [-0.25, -0.2) is 0 Å². The van der Waals surface area contributed by atoms with Gasteiger partial charge in [-0.2, -0.15) is 33.7 Å². The monoisotopic (exact) mass is 412 g/mol. The SMILES string of the molecule is N#Cc1n[nH]nc1-c1cc(OCc2nc(-c3ccccc3)no2)cc(C(F)(F)F)c1. The molecular formula is C19H11F3N6O2. The molecule has 0 atom stereocenters. The molecule has 0 saturated carbocycles. The number of aromatic amines is 1. The van der Waals surface area contributed by atoms with Crippen LogP contribution in [0, 0.1) is 11.3 Å². The highest BCUT2D eigenvalue weighted by molar-refractivity contribution is 5.67. The van der Waals surface area contributed by atoms with Crippen molar-refractivity contribution in [1.29, 1.82) is 5.26 Å². The van der Waals surface area contributed by atoms with Crippen LogP contribution in [0.3, 0.4) is 0 Å². The van der Waals surface area contributed by atoms with Crippen molar-refractivity contribution < 1.29 is 22.4 Å². The van der Waals surface area contributed by atoms with Crippen LogP contribution < -0.4 is 4.74 Å². The smallest absolute Gasteiger partial charge is 0.416 e. The van der Waals surface area contributed by atoms with Crippen LogP contribution in [0.2, 0.25) is 0 Å². The molecule has 11 heteroatoms. The number of nitriles is 1. The summed E-state index contributed by atoms with van der Waals surface area (Å²) in [5.74, 6) is 0.318. The van der Waals surface area contributed by atoms with Crippen LogP contribution in [-0.4, -0.2) is 25.6 Å². The van der Waals surface area contributed by atoms with Crippen LogP contribution in [0.1, 0.15) is 17.1 Å². The first-order valence-electron chi connectivity index (χ1n) is 8.48. The second-order valence-corrected chi connectivity index (χ2v) is 6.04. The highest BCUT2D eigenvalue weighted by Crippen LogP contribution is 2.36. The summed E-state index contributed by atoms with van der Waals surface area (Å²) in [6.07, 6.45) is -4.63. The Labute approximate surface area is 166 Å². The van der Waals surface area contributed by atoms with Gasteiger partial charge in [0.2, 0.25) is 5.82 Å². The molecule has 0 radical (unpaired) electrons. The molecule has 30 heavy (non-hydrogen) atoms. The molecule has 2 heterocycles. The summed E-state index contributed by atoms with van der Waals surface area (Å²) in [6.45, 7) is -0.246. The molecule has 2 aromatic carbocycles. The Bertz CT molecular complexity index is 1210. The lowest BCUT2D eigenvalue weighted by Crippen LogP contribution is -2.06. The first-order valence-corrected chi connectivity index (χ1v) is 8.48. The molecule has 4 aromatic rings. The summed E-state index contributed by atoms with van der Waals surface area (Å²) in [4.78, 5) is 4.17. The average molecular weight is 412 g/mol. The van der Waals surface area contributed by atoms with E-state index in [1.54, 1.807) is 18.2 Å². The highest BCUT2D eigenvalue weighted by Gasteiger charge is 2.32. The zero-order valence-electron chi connectivity index (χ0n) is 15.0. The van der Waals surface area contributed by atoms with Gasteiger partial charge in [0.25, 0.3) is 5.89 Å². The van der Waals surface area contributed by atoms with Crippen LogP contribution in [0.25, 0.3) is 22.6 Å². The van der Waals surface area contributed by atoms with Gasteiger partial charge in [0.15, 0.2) is 12.3 Å². The number of alkyl halides is 3. The van der Waals surface area contributed by atoms with Crippen molar-refractivity contribution in [2.24, 2.45) is 0 Å². The van der Waals surface area contributed by atoms with Crippen molar-refractivity contribution in [3.05, 3.63) is 65.7 Å². The van der Waals surface area contributed by atoms with E-state index in [9.17, 15) is 13.2 Å². The molecule has 0 saturated heterocycles. The van der Waals surface area contributed by atoms with E-state index in [-0.39, 0.29) is 35.2 Å². The zero-order valence-corrected chi connectivity index (χ0v) is 15.0. The fourth-order valence-electron chi connectivity index (χ4n) is 2.66. The molecule has 8 nitrogen and oxygen atoms in total. The lowest BCUT2D eigenvalue weighted by molar-refractivity contribution is -0.137. The van der Waals surface area contributed by atoms with Crippen molar-refractivity contribution >= 4 is 0 Å². The standard InChI is InChI=1S/C19H11F3N6O2/c20-19(21,22)13-6-12(17-15(9-23)25-28-26-17)7-14(8-13)29-10-16-24-18(27-30-16)11-4-2-1-3-5-11/h1-8H,10H2,(H,25,26,28). The number of nitrogens with zero attached hydrogens (tertiary/aromatic N) is 5. The Morgan fingerprint density at radius 3 is 2.60 bits per heavy atom. The Balaban J connectivity index is 1.60. The quantitative estimate of drug-likeness (QED) is 0.527. The Morgan fingerprint density at radius 2 is 1.87 bits per heavy atom. The van der Waals surface area contributed by atoms with E-state index < -0.39 is 11.7 Å². The second kappa shape index (κ2) is 7.67. The van der Waals surface area contributed by atoms with E-state index in [0.29, 0.717) is 5.82 Å². The molecule has 1 N–H and O–H groups in total. The maximum atomic E-state index is 13.3. The third kappa shape index (κ3) is 3.97. The topological polar surface area (TPSA) is 114 Å². The number of aromatic nitrogens is 5. The number of rotatable bonds is 5. The van der Waals surface area contributed by atoms with Crippen molar-refractivity contribution in [3.63, 3.8) is 0 Å². The van der Waals surface area contributed by atoms with Crippen LogP contribution >= 0.6 is 0 Å². The number of nitrogens with one attached hydrogen (secondary N) is 1. The maximum absolute atomic E-state index is 13.3. The van der Waals surface area contributed by atoms with Gasteiger partial charge in [0, 0.05) is 11.1 Å². The first-order chi connectivity index (χ1) is 14.4. The third-order valence-corrected chi connectivity index (χ3v) is 4.02. The molecule has 4 rings (SSSR count). The number of benzene rings is 2. The summed E-state index contributed by atoms with van der Waals surface area (Å²) in [7, 11) is 0. The summed E-state index contributed by atoms with van der Waals surface area (Å²) in [6, 6.07) is 13.8. The Hall–Kier alpha value is -4.20. The van der Waals surface area contributed by atoms with Gasteiger partial charge in [0.05, 0.1) is 5.56 Å². The fourth-order valence-corrected chi connectivity index (χ4v) is 2.66. The molecule has 150 valence electrons. The predicted molar refractivity (Wildman–Crippen MR) is 95.6 cm³/mol. The van der Waals surface area contributed by atoms with E-state index in [2.05, 4.69) is 25.6 Å². The summed E-state index contributed by atoms with van der Waals surface area (Å²) in [5, 5.41) is 22.5.